The molecule has 3 aromatic rings. The molecular weight excluding hydrogens is 501 g/mol. The molecule has 0 fully saturated rings. The van der Waals surface area contributed by atoms with Crippen molar-refractivity contribution in [1.29, 1.82) is 0 Å². The van der Waals surface area contributed by atoms with E-state index < -0.39 is 49.7 Å². The molecule has 36 heavy (non-hydrogen) atoms. The molecule has 0 N–H and O–H groups in total. The Hall–Kier alpha value is -2.88. The summed E-state index contributed by atoms with van der Waals surface area (Å²) in [4.78, 5) is 13.3. The molecule has 0 heterocycles. The number of hydrogen-bond donors (Lipinski definition) is 0. The van der Waals surface area contributed by atoms with E-state index in [1.165, 1.54) is 36.4 Å². The zero-order valence-electron chi connectivity index (χ0n) is 20.2. The Morgan fingerprint density at radius 3 is 1.78 bits per heavy atom. The molecule has 0 radical (unpaired) electrons. The number of benzene rings is 3. The minimum atomic E-state index is -4.64. The second-order valence-electron chi connectivity index (χ2n) is 8.54. The summed E-state index contributed by atoms with van der Waals surface area (Å²) < 4.78 is 71.1. The van der Waals surface area contributed by atoms with Crippen LogP contribution in [0.15, 0.2) is 95.9 Å². The lowest BCUT2D eigenvalue weighted by Gasteiger charge is -2.34. The normalized spacial score (nSPS) is 13.4. The van der Waals surface area contributed by atoms with Crippen LogP contribution < -0.4 is 0 Å². The van der Waals surface area contributed by atoms with Gasteiger partial charge in [0.2, 0.25) is 10.0 Å². The van der Waals surface area contributed by atoms with Crippen molar-refractivity contribution in [3.05, 3.63) is 102 Å². The zero-order valence-corrected chi connectivity index (χ0v) is 21.9. The summed E-state index contributed by atoms with van der Waals surface area (Å²) in [6, 6.07) is 23.2. The van der Waals surface area contributed by atoms with Gasteiger partial charge in [0.05, 0.1) is 16.6 Å². The third kappa shape index (κ3) is 6.08. The van der Waals surface area contributed by atoms with Crippen molar-refractivity contribution in [1.82, 2.24) is 3.71 Å². The van der Waals surface area contributed by atoms with Crippen LogP contribution in [0.2, 0.25) is 0 Å². The molecule has 3 aromatic carbocycles. The van der Waals surface area contributed by atoms with Gasteiger partial charge in [-0.2, -0.15) is 0 Å². The van der Waals surface area contributed by atoms with E-state index in [2.05, 4.69) is 0 Å². The van der Waals surface area contributed by atoms with Crippen LogP contribution in [0.25, 0.3) is 0 Å². The van der Waals surface area contributed by atoms with Crippen LogP contribution >= 0.6 is 0 Å². The lowest BCUT2D eigenvalue weighted by molar-refractivity contribution is 0.0497. The monoisotopic (exact) mass is 531 g/mol. The van der Waals surface area contributed by atoms with Crippen molar-refractivity contribution < 1.29 is 26.0 Å². The number of hydrogen-bond acceptors (Lipinski definition) is 5. The van der Waals surface area contributed by atoms with Crippen LogP contribution in [-0.4, -0.2) is 38.5 Å². The largest absolute Gasteiger partial charge is 0.294 e. The van der Waals surface area contributed by atoms with E-state index in [1.54, 1.807) is 68.4 Å². The number of ketones is 1. The van der Waals surface area contributed by atoms with E-state index in [0.29, 0.717) is 9.27 Å². The number of carbonyl (C=O) groups is 1. The quantitative estimate of drug-likeness (QED) is 0.299. The fourth-order valence-corrected chi connectivity index (χ4v) is 7.93. The van der Waals surface area contributed by atoms with Gasteiger partial charge in [-0.25, -0.2) is 21.2 Å². The van der Waals surface area contributed by atoms with Crippen LogP contribution in [0, 0.1) is 5.92 Å². The number of halogens is 1. The molecule has 1 atom stereocenters. The molecule has 3 rings (SSSR count). The van der Waals surface area contributed by atoms with Crippen molar-refractivity contribution in [2.45, 2.75) is 43.0 Å². The van der Waals surface area contributed by atoms with Crippen LogP contribution in [0.5, 0.6) is 0 Å². The highest BCUT2D eigenvalue weighted by molar-refractivity contribution is 8.03. The van der Waals surface area contributed by atoms with Gasteiger partial charge in [0.1, 0.15) is 5.67 Å². The molecule has 0 aliphatic heterocycles. The molecule has 0 spiro atoms. The predicted molar refractivity (Wildman–Crippen MR) is 138 cm³/mol. The average molecular weight is 532 g/mol. The lowest BCUT2D eigenvalue weighted by atomic mass is 9.80. The van der Waals surface area contributed by atoms with Crippen molar-refractivity contribution in [2.24, 2.45) is 5.92 Å². The molecule has 0 aliphatic carbocycles. The van der Waals surface area contributed by atoms with Crippen LogP contribution in [0.3, 0.4) is 0 Å². The maximum absolute atomic E-state index is 16.2. The fourth-order valence-electron chi connectivity index (χ4n) is 4.11. The number of carbonyl (C=O) groups excluding carboxylic acids is 1. The van der Waals surface area contributed by atoms with Crippen molar-refractivity contribution in [2.75, 3.05) is 6.54 Å². The molecule has 0 saturated heterocycles. The van der Waals surface area contributed by atoms with Crippen molar-refractivity contribution >= 4 is 25.8 Å². The van der Waals surface area contributed by atoms with Gasteiger partial charge in [-0.3, -0.25) is 4.79 Å². The minimum Gasteiger partial charge on any atom is -0.294 e. The standard InChI is InChI=1S/C27H30FNO5S2/c1-3-27(28,4-2)25(26(30)23-16-10-6-11-17-23)20-29(36(33,34)24-18-12-7-13-19-24)35(31,32)21-22-14-8-5-9-15-22/h5-19,25H,3-4,20-21H2,1-2H3. The number of nitrogens with zero attached hydrogens (tertiary/aromatic N) is 1. The summed E-state index contributed by atoms with van der Waals surface area (Å²) in [5.41, 5.74) is -1.57. The molecular formula is C27H30FNO5S2. The highest BCUT2D eigenvalue weighted by atomic mass is 32.3. The van der Waals surface area contributed by atoms with E-state index in [0.717, 1.165) is 0 Å². The van der Waals surface area contributed by atoms with Gasteiger partial charge in [-0.15, -0.1) is 0 Å². The molecule has 6 nitrogen and oxygen atoms in total. The maximum Gasteiger partial charge on any atom is 0.256 e. The van der Waals surface area contributed by atoms with Gasteiger partial charge >= 0.3 is 0 Å². The first-order chi connectivity index (χ1) is 17.0. The third-order valence-electron chi connectivity index (χ3n) is 6.32. The van der Waals surface area contributed by atoms with Crippen molar-refractivity contribution in [3.8, 4) is 0 Å². The Bertz CT molecular complexity index is 1360. The SMILES string of the molecule is CCC(F)(CC)C(CN(S(=O)(=O)Cc1ccccc1)S(=O)(=O)c1ccccc1)C(=O)c1ccccc1. The van der Waals surface area contributed by atoms with E-state index in [9.17, 15) is 21.6 Å². The Morgan fingerprint density at radius 2 is 1.28 bits per heavy atom. The minimum absolute atomic E-state index is 0.0926. The number of Topliss-reactive ketones (excluding diaryl/α,β-unsaturated/α-hetero) is 1. The first-order valence-corrected chi connectivity index (χ1v) is 14.7. The summed E-state index contributed by atoms with van der Waals surface area (Å²) in [5, 5.41) is 0. The third-order valence-corrected chi connectivity index (χ3v) is 10.6. The molecule has 1 unspecified atom stereocenters. The summed E-state index contributed by atoms with van der Waals surface area (Å²) in [7, 11) is -9.18. The molecule has 0 aliphatic rings. The smallest absolute Gasteiger partial charge is 0.256 e. The van der Waals surface area contributed by atoms with E-state index in [4.69, 9.17) is 0 Å². The Balaban J connectivity index is 2.16. The summed E-state index contributed by atoms with van der Waals surface area (Å²) in [5.74, 6) is -2.81. The van der Waals surface area contributed by atoms with Gasteiger partial charge in [-0.1, -0.05) is 96.4 Å². The number of sulfonamides is 2. The van der Waals surface area contributed by atoms with Gasteiger partial charge in [0.15, 0.2) is 5.78 Å². The summed E-state index contributed by atoms with van der Waals surface area (Å²) in [6.07, 6.45) is -0.185. The highest BCUT2D eigenvalue weighted by Crippen LogP contribution is 2.35. The van der Waals surface area contributed by atoms with Crippen LogP contribution in [0.1, 0.15) is 42.6 Å². The van der Waals surface area contributed by atoms with Gasteiger partial charge in [0.25, 0.3) is 10.0 Å². The van der Waals surface area contributed by atoms with E-state index in [1.807, 2.05) is 0 Å². The number of rotatable bonds is 12. The Labute approximate surface area is 212 Å². The first-order valence-electron chi connectivity index (χ1n) is 11.7. The van der Waals surface area contributed by atoms with Crippen LogP contribution in [-0.2, 0) is 25.8 Å². The predicted octanol–water partition coefficient (Wildman–Crippen LogP) is 5.23. The topological polar surface area (TPSA) is 88.6 Å². The zero-order chi connectivity index (χ0) is 26.4. The van der Waals surface area contributed by atoms with Gasteiger partial charge in [0, 0.05) is 12.1 Å². The maximum atomic E-state index is 16.2. The summed E-state index contributed by atoms with van der Waals surface area (Å²) in [6.45, 7) is 2.27. The van der Waals surface area contributed by atoms with E-state index in [-0.39, 0.29) is 23.3 Å². The number of alkyl halides is 1. The van der Waals surface area contributed by atoms with E-state index >= 15 is 4.39 Å². The molecule has 192 valence electrons. The molecule has 0 amide bonds. The molecule has 0 aromatic heterocycles. The highest BCUT2D eigenvalue weighted by Gasteiger charge is 2.47. The molecule has 0 bridgehead atoms. The Kier molecular flexibility index (Phi) is 8.81. The van der Waals surface area contributed by atoms with Crippen LogP contribution in [0.4, 0.5) is 4.39 Å². The fraction of sp³-hybridized carbons (Fsp3) is 0.296. The average Bonchev–Trinajstić information content (AvgIpc) is 2.89. The first kappa shape index (κ1) is 27.7. The summed E-state index contributed by atoms with van der Waals surface area (Å²) >= 11 is 0. The second kappa shape index (κ2) is 11.5. The lowest BCUT2D eigenvalue weighted by Crippen LogP contribution is -2.49. The second-order valence-corrected chi connectivity index (χ2v) is 12.5. The molecule has 9 heteroatoms. The molecule has 0 saturated carbocycles. The Morgan fingerprint density at radius 1 is 0.806 bits per heavy atom. The van der Waals surface area contributed by atoms with Gasteiger partial charge < -0.3 is 0 Å². The van der Waals surface area contributed by atoms with Gasteiger partial charge in [-0.05, 0) is 30.5 Å². The van der Waals surface area contributed by atoms with Crippen molar-refractivity contribution in [3.63, 3.8) is 0 Å².